The Hall–Kier alpha value is -1.88. The molecule has 0 saturated carbocycles. The maximum absolute atomic E-state index is 8.94. The van der Waals surface area contributed by atoms with Crippen LogP contribution in [0.1, 0.15) is 18.0 Å². The minimum atomic E-state index is 0.145. The fourth-order valence-corrected chi connectivity index (χ4v) is 1.61. The van der Waals surface area contributed by atoms with Crippen molar-refractivity contribution in [2.75, 3.05) is 0 Å². The summed E-state index contributed by atoms with van der Waals surface area (Å²) in [7, 11) is 0. The van der Waals surface area contributed by atoms with E-state index >= 15 is 0 Å². The highest BCUT2D eigenvalue weighted by Crippen LogP contribution is 2.28. The number of allylic oxidation sites excluding steroid dienone is 4. The van der Waals surface area contributed by atoms with E-state index in [9.17, 15) is 0 Å². The lowest BCUT2D eigenvalue weighted by molar-refractivity contribution is 0.787. The van der Waals surface area contributed by atoms with E-state index in [4.69, 9.17) is 5.26 Å². The van der Waals surface area contributed by atoms with Crippen LogP contribution in [-0.4, -0.2) is 4.98 Å². The SMILES string of the molecule is N#CC1=CC=CCC1c1ccccn1. The summed E-state index contributed by atoms with van der Waals surface area (Å²) in [5.41, 5.74) is 1.77. The van der Waals surface area contributed by atoms with Crippen molar-refractivity contribution in [2.24, 2.45) is 0 Å². The van der Waals surface area contributed by atoms with Crippen LogP contribution >= 0.6 is 0 Å². The Balaban J connectivity index is 2.33. The van der Waals surface area contributed by atoms with Crippen molar-refractivity contribution in [1.29, 1.82) is 5.26 Å². The molecule has 14 heavy (non-hydrogen) atoms. The second kappa shape index (κ2) is 3.89. The summed E-state index contributed by atoms with van der Waals surface area (Å²) in [4.78, 5) is 4.27. The van der Waals surface area contributed by atoms with E-state index in [0.717, 1.165) is 17.7 Å². The first-order valence-electron chi connectivity index (χ1n) is 4.59. The number of aromatic nitrogens is 1. The van der Waals surface area contributed by atoms with Gasteiger partial charge in [-0.2, -0.15) is 5.26 Å². The quantitative estimate of drug-likeness (QED) is 0.669. The van der Waals surface area contributed by atoms with Crippen LogP contribution in [0.4, 0.5) is 0 Å². The lowest BCUT2D eigenvalue weighted by Crippen LogP contribution is -2.04. The molecule has 0 aliphatic heterocycles. The van der Waals surface area contributed by atoms with Gasteiger partial charge in [0.1, 0.15) is 0 Å². The Morgan fingerprint density at radius 2 is 2.36 bits per heavy atom. The van der Waals surface area contributed by atoms with Crippen LogP contribution in [0.3, 0.4) is 0 Å². The van der Waals surface area contributed by atoms with Gasteiger partial charge in [0.2, 0.25) is 0 Å². The third-order valence-electron chi connectivity index (χ3n) is 2.33. The molecule has 2 nitrogen and oxygen atoms in total. The number of hydrogen-bond donors (Lipinski definition) is 0. The summed E-state index contributed by atoms with van der Waals surface area (Å²) >= 11 is 0. The van der Waals surface area contributed by atoms with Crippen LogP contribution in [0.25, 0.3) is 0 Å². The van der Waals surface area contributed by atoms with Crippen LogP contribution in [0.15, 0.2) is 48.2 Å². The molecular weight excluding hydrogens is 172 g/mol. The first-order valence-corrected chi connectivity index (χ1v) is 4.59. The number of pyridine rings is 1. The average molecular weight is 182 g/mol. The van der Waals surface area contributed by atoms with Gasteiger partial charge >= 0.3 is 0 Å². The maximum atomic E-state index is 8.94. The van der Waals surface area contributed by atoms with Crippen LogP contribution in [0, 0.1) is 11.3 Å². The normalized spacial score (nSPS) is 19.9. The minimum Gasteiger partial charge on any atom is -0.261 e. The topological polar surface area (TPSA) is 36.7 Å². The van der Waals surface area contributed by atoms with E-state index < -0.39 is 0 Å². The summed E-state index contributed by atoms with van der Waals surface area (Å²) in [6, 6.07) is 8.03. The Morgan fingerprint density at radius 1 is 1.43 bits per heavy atom. The zero-order valence-electron chi connectivity index (χ0n) is 7.72. The third-order valence-corrected chi connectivity index (χ3v) is 2.33. The van der Waals surface area contributed by atoms with E-state index in [1.165, 1.54) is 0 Å². The van der Waals surface area contributed by atoms with Crippen molar-refractivity contribution < 1.29 is 0 Å². The number of nitrogens with zero attached hydrogens (tertiary/aromatic N) is 2. The fraction of sp³-hybridized carbons (Fsp3) is 0.167. The van der Waals surface area contributed by atoms with Crippen molar-refractivity contribution in [1.82, 2.24) is 4.98 Å². The van der Waals surface area contributed by atoms with Crippen LogP contribution in [-0.2, 0) is 0 Å². The predicted molar refractivity (Wildman–Crippen MR) is 54.4 cm³/mol. The van der Waals surface area contributed by atoms with Gasteiger partial charge in [0.05, 0.1) is 6.07 Å². The van der Waals surface area contributed by atoms with Gasteiger partial charge in [0, 0.05) is 23.4 Å². The Kier molecular flexibility index (Phi) is 2.42. The molecule has 0 bridgehead atoms. The molecule has 0 N–H and O–H groups in total. The molecule has 0 fully saturated rings. The number of rotatable bonds is 1. The van der Waals surface area contributed by atoms with E-state index in [1.807, 2.05) is 30.4 Å². The molecule has 1 aliphatic rings. The molecule has 0 spiro atoms. The van der Waals surface area contributed by atoms with Gasteiger partial charge in [-0.25, -0.2) is 0 Å². The smallest absolute Gasteiger partial charge is 0.0954 e. The van der Waals surface area contributed by atoms with E-state index in [-0.39, 0.29) is 5.92 Å². The summed E-state index contributed by atoms with van der Waals surface area (Å²) in [6.07, 6.45) is 8.50. The highest BCUT2D eigenvalue weighted by molar-refractivity contribution is 5.39. The minimum absolute atomic E-state index is 0.145. The Bertz CT molecular complexity index is 410. The monoisotopic (exact) mass is 182 g/mol. The number of nitriles is 1. The first kappa shape index (κ1) is 8.71. The molecule has 2 heteroatoms. The Morgan fingerprint density at radius 3 is 3.07 bits per heavy atom. The molecule has 0 amide bonds. The molecule has 1 unspecified atom stereocenters. The van der Waals surface area contributed by atoms with Crippen molar-refractivity contribution in [3.63, 3.8) is 0 Å². The molecule has 68 valence electrons. The molecule has 0 aromatic carbocycles. The van der Waals surface area contributed by atoms with Crippen molar-refractivity contribution in [3.05, 3.63) is 53.9 Å². The average Bonchev–Trinajstić information content (AvgIpc) is 2.30. The second-order valence-electron chi connectivity index (χ2n) is 3.20. The van der Waals surface area contributed by atoms with Gasteiger partial charge in [0.15, 0.2) is 0 Å². The summed E-state index contributed by atoms with van der Waals surface area (Å²) in [6.45, 7) is 0. The summed E-state index contributed by atoms with van der Waals surface area (Å²) in [5, 5.41) is 8.94. The molecule has 1 heterocycles. The van der Waals surface area contributed by atoms with Crippen molar-refractivity contribution in [3.8, 4) is 6.07 Å². The molecule has 1 aliphatic carbocycles. The van der Waals surface area contributed by atoms with E-state index in [1.54, 1.807) is 6.20 Å². The highest BCUT2D eigenvalue weighted by Gasteiger charge is 2.17. The second-order valence-corrected chi connectivity index (χ2v) is 3.20. The van der Waals surface area contributed by atoms with Crippen LogP contribution in [0.2, 0.25) is 0 Å². The zero-order chi connectivity index (χ0) is 9.80. The van der Waals surface area contributed by atoms with Gasteiger partial charge in [-0.3, -0.25) is 4.98 Å². The third kappa shape index (κ3) is 1.57. The van der Waals surface area contributed by atoms with Crippen molar-refractivity contribution >= 4 is 0 Å². The number of hydrogen-bond acceptors (Lipinski definition) is 2. The molecule has 0 saturated heterocycles. The summed E-state index contributed by atoms with van der Waals surface area (Å²) < 4.78 is 0. The standard InChI is InChI=1S/C12H10N2/c13-9-10-5-1-2-6-11(10)12-7-3-4-8-14-12/h1-5,7-8,11H,6H2. The Labute approximate surface area is 83.2 Å². The van der Waals surface area contributed by atoms with E-state index in [2.05, 4.69) is 17.1 Å². The lowest BCUT2D eigenvalue weighted by atomic mass is 9.89. The molecule has 2 rings (SSSR count). The zero-order valence-corrected chi connectivity index (χ0v) is 7.72. The van der Waals surface area contributed by atoms with Gasteiger partial charge in [0.25, 0.3) is 0 Å². The van der Waals surface area contributed by atoms with Crippen LogP contribution < -0.4 is 0 Å². The van der Waals surface area contributed by atoms with Gasteiger partial charge < -0.3 is 0 Å². The predicted octanol–water partition coefficient (Wildman–Crippen LogP) is 2.58. The van der Waals surface area contributed by atoms with Crippen molar-refractivity contribution in [2.45, 2.75) is 12.3 Å². The van der Waals surface area contributed by atoms with E-state index in [0.29, 0.717) is 0 Å². The molecule has 0 radical (unpaired) electrons. The van der Waals surface area contributed by atoms with Crippen LogP contribution in [0.5, 0.6) is 0 Å². The van der Waals surface area contributed by atoms with Gasteiger partial charge in [-0.1, -0.05) is 18.2 Å². The maximum Gasteiger partial charge on any atom is 0.0954 e. The lowest BCUT2D eigenvalue weighted by Gasteiger charge is -2.15. The highest BCUT2D eigenvalue weighted by atomic mass is 14.7. The molecule has 1 aromatic rings. The largest absolute Gasteiger partial charge is 0.261 e. The van der Waals surface area contributed by atoms with Gasteiger partial charge in [-0.15, -0.1) is 0 Å². The van der Waals surface area contributed by atoms with Gasteiger partial charge in [-0.05, 0) is 24.6 Å². The summed E-state index contributed by atoms with van der Waals surface area (Å²) in [5.74, 6) is 0.145. The molecular formula is C12H10N2. The fourth-order valence-electron chi connectivity index (χ4n) is 1.61. The first-order chi connectivity index (χ1) is 6.92. The molecule has 1 aromatic heterocycles. The molecule has 1 atom stereocenters.